The molecule has 6 heteroatoms. The van der Waals surface area contributed by atoms with Crippen molar-refractivity contribution in [3.8, 4) is 6.07 Å². The normalized spacial score (nSPS) is 10.2. The van der Waals surface area contributed by atoms with Crippen LogP contribution in [0.3, 0.4) is 0 Å². The van der Waals surface area contributed by atoms with Gasteiger partial charge in [0.25, 0.3) is 12.0 Å². The maximum Gasteiger partial charge on any atom is 0.269 e. The predicted molar refractivity (Wildman–Crippen MR) is 46.3 cm³/mol. The summed E-state index contributed by atoms with van der Waals surface area (Å²) in [7, 11) is 0. The van der Waals surface area contributed by atoms with E-state index in [0.29, 0.717) is 0 Å². The van der Waals surface area contributed by atoms with E-state index in [-0.39, 0.29) is 17.1 Å². The average molecular weight is 219 g/mol. The highest BCUT2D eigenvalue weighted by Crippen LogP contribution is 2.20. The van der Waals surface area contributed by atoms with E-state index in [0.717, 1.165) is 6.07 Å². The van der Waals surface area contributed by atoms with Crippen LogP contribution in [0.5, 0.6) is 0 Å². The second-order valence-electron chi connectivity index (χ2n) is 2.52. The van der Waals surface area contributed by atoms with Gasteiger partial charge < -0.3 is 4.98 Å². The Hall–Kier alpha value is -1.41. The first-order chi connectivity index (χ1) is 6.56. The number of nitrogens with zero attached hydrogens (tertiary/aromatic N) is 1. The fraction of sp³-hybridized carbons (Fsp3) is 0.250. The van der Waals surface area contributed by atoms with Crippen LogP contribution < -0.4 is 5.56 Å². The van der Waals surface area contributed by atoms with Crippen LogP contribution in [-0.4, -0.2) is 4.98 Å². The topological polar surface area (TPSA) is 56.6 Å². The molecule has 0 aliphatic rings. The van der Waals surface area contributed by atoms with Crippen molar-refractivity contribution in [1.29, 1.82) is 5.26 Å². The summed E-state index contributed by atoms with van der Waals surface area (Å²) in [6, 6.07) is 2.85. The molecule has 0 aromatic carbocycles. The van der Waals surface area contributed by atoms with Gasteiger partial charge >= 0.3 is 0 Å². The number of aromatic amines is 1. The number of halogens is 3. The van der Waals surface area contributed by atoms with Crippen molar-refractivity contribution < 1.29 is 8.78 Å². The maximum atomic E-state index is 12.4. The summed E-state index contributed by atoms with van der Waals surface area (Å²) >= 11 is 5.45. The standard InChI is InChI=1S/C8H5ClF2N2O/c9-5-3-4(1-2-12)6(7(10)11)8(14)13-5/h3,7H,1H2,(H,13,14). The molecular formula is C8H5ClF2N2O. The number of alkyl halides is 2. The van der Waals surface area contributed by atoms with Gasteiger partial charge in [-0.15, -0.1) is 0 Å². The first-order valence-electron chi connectivity index (χ1n) is 3.63. The average Bonchev–Trinajstić information content (AvgIpc) is 2.01. The molecule has 14 heavy (non-hydrogen) atoms. The van der Waals surface area contributed by atoms with E-state index >= 15 is 0 Å². The van der Waals surface area contributed by atoms with E-state index in [4.69, 9.17) is 16.9 Å². The Balaban J connectivity index is 3.38. The van der Waals surface area contributed by atoms with Crippen LogP contribution in [0.1, 0.15) is 17.6 Å². The lowest BCUT2D eigenvalue weighted by atomic mass is 10.1. The van der Waals surface area contributed by atoms with E-state index in [2.05, 4.69) is 0 Å². The highest BCUT2D eigenvalue weighted by molar-refractivity contribution is 6.29. The zero-order valence-electron chi connectivity index (χ0n) is 6.85. The highest BCUT2D eigenvalue weighted by atomic mass is 35.5. The highest BCUT2D eigenvalue weighted by Gasteiger charge is 2.17. The van der Waals surface area contributed by atoms with Gasteiger partial charge in [-0.2, -0.15) is 5.26 Å². The summed E-state index contributed by atoms with van der Waals surface area (Å²) in [4.78, 5) is 13.1. The molecule has 1 aromatic heterocycles. The Labute approximate surface area is 82.9 Å². The maximum absolute atomic E-state index is 12.4. The van der Waals surface area contributed by atoms with Gasteiger partial charge in [0.1, 0.15) is 5.15 Å². The fourth-order valence-corrected chi connectivity index (χ4v) is 1.28. The molecule has 0 radical (unpaired) electrons. The molecule has 0 bridgehead atoms. The second kappa shape index (κ2) is 4.20. The van der Waals surface area contributed by atoms with Crippen LogP contribution in [0.4, 0.5) is 8.78 Å². The third kappa shape index (κ3) is 2.09. The number of hydrogen-bond acceptors (Lipinski definition) is 2. The Bertz CT molecular complexity index is 436. The molecule has 0 fully saturated rings. The molecule has 3 nitrogen and oxygen atoms in total. The molecule has 74 valence electrons. The molecule has 1 N–H and O–H groups in total. The molecular weight excluding hydrogens is 214 g/mol. The van der Waals surface area contributed by atoms with Gasteiger partial charge in [0.05, 0.1) is 18.1 Å². The third-order valence-corrected chi connectivity index (χ3v) is 1.82. The van der Waals surface area contributed by atoms with Crippen molar-refractivity contribution in [2.24, 2.45) is 0 Å². The van der Waals surface area contributed by atoms with Crippen molar-refractivity contribution in [2.45, 2.75) is 12.8 Å². The number of aromatic nitrogens is 1. The van der Waals surface area contributed by atoms with Gasteiger partial charge in [0.15, 0.2) is 0 Å². The lowest BCUT2D eigenvalue weighted by molar-refractivity contribution is 0.148. The quantitative estimate of drug-likeness (QED) is 0.773. The van der Waals surface area contributed by atoms with Crippen molar-refractivity contribution >= 4 is 11.6 Å². The van der Waals surface area contributed by atoms with Crippen LogP contribution in [0.25, 0.3) is 0 Å². The number of nitriles is 1. The summed E-state index contributed by atoms with van der Waals surface area (Å²) < 4.78 is 24.7. The monoisotopic (exact) mass is 218 g/mol. The van der Waals surface area contributed by atoms with Gasteiger partial charge in [-0.1, -0.05) is 11.6 Å². The summed E-state index contributed by atoms with van der Waals surface area (Å²) in [6.45, 7) is 0. The zero-order valence-corrected chi connectivity index (χ0v) is 7.61. The number of rotatable bonds is 2. The van der Waals surface area contributed by atoms with Crippen molar-refractivity contribution in [1.82, 2.24) is 4.98 Å². The molecule has 1 heterocycles. The Morgan fingerprint density at radius 3 is 2.79 bits per heavy atom. The molecule has 0 amide bonds. The minimum Gasteiger partial charge on any atom is -0.313 e. The summed E-state index contributed by atoms with van der Waals surface area (Å²) in [5.74, 6) is 0. The van der Waals surface area contributed by atoms with E-state index in [1.54, 1.807) is 6.07 Å². The van der Waals surface area contributed by atoms with Gasteiger partial charge in [0.2, 0.25) is 0 Å². The van der Waals surface area contributed by atoms with Gasteiger partial charge in [-0.25, -0.2) is 8.78 Å². The minimum atomic E-state index is -2.90. The van der Waals surface area contributed by atoms with Crippen LogP contribution in [0.2, 0.25) is 5.15 Å². The first kappa shape index (κ1) is 10.7. The Morgan fingerprint density at radius 2 is 2.29 bits per heavy atom. The molecule has 1 aromatic rings. The van der Waals surface area contributed by atoms with E-state index in [9.17, 15) is 13.6 Å². The lowest BCUT2D eigenvalue weighted by Gasteiger charge is -2.04. The minimum absolute atomic E-state index is 0.0312. The summed E-state index contributed by atoms with van der Waals surface area (Å²) in [5, 5.41) is 8.31. The summed E-state index contributed by atoms with van der Waals surface area (Å²) in [5.41, 5.74) is -1.66. The lowest BCUT2D eigenvalue weighted by Crippen LogP contribution is -2.16. The Kier molecular flexibility index (Phi) is 3.20. The number of nitrogens with one attached hydrogen (secondary N) is 1. The van der Waals surface area contributed by atoms with E-state index in [1.807, 2.05) is 4.98 Å². The van der Waals surface area contributed by atoms with Crippen LogP contribution in [0.15, 0.2) is 10.9 Å². The molecule has 0 saturated heterocycles. The molecule has 0 aliphatic heterocycles. The van der Waals surface area contributed by atoms with Gasteiger partial charge in [-0.05, 0) is 11.6 Å². The van der Waals surface area contributed by atoms with Crippen molar-refractivity contribution in [2.75, 3.05) is 0 Å². The number of hydrogen-bond donors (Lipinski definition) is 1. The van der Waals surface area contributed by atoms with E-state index in [1.165, 1.54) is 0 Å². The second-order valence-corrected chi connectivity index (χ2v) is 2.93. The largest absolute Gasteiger partial charge is 0.313 e. The Morgan fingerprint density at radius 1 is 1.64 bits per heavy atom. The number of H-pyrrole nitrogens is 1. The smallest absolute Gasteiger partial charge is 0.269 e. The number of pyridine rings is 1. The van der Waals surface area contributed by atoms with Gasteiger partial charge in [-0.3, -0.25) is 4.79 Å². The molecule has 0 atom stereocenters. The van der Waals surface area contributed by atoms with E-state index < -0.39 is 17.5 Å². The fourth-order valence-electron chi connectivity index (χ4n) is 1.06. The first-order valence-corrected chi connectivity index (χ1v) is 4.00. The van der Waals surface area contributed by atoms with Crippen molar-refractivity contribution in [3.63, 3.8) is 0 Å². The molecule has 0 unspecified atom stereocenters. The SMILES string of the molecule is N#CCc1cc(Cl)[nH]c(=O)c1C(F)F. The van der Waals surface area contributed by atoms with Crippen LogP contribution >= 0.6 is 11.6 Å². The molecule has 1 rings (SSSR count). The zero-order chi connectivity index (χ0) is 10.7. The predicted octanol–water partition coefficient (Wildman–Crippen LogP) is 2.03. The van der Waals surface area contributed by atoms with Crippen LogP contribution in [0, 0.1) is 11.3 Å². The van der Waals surface area contributed by atoms with Crippen LogP contribution in [-0.2, 0) is 6.42 Å². The molecule has 0 saturated carbocycles. The molecule has 0 aliphatic carbocycles. The molecule has 0 spiro atoms. The van der Waals surface area contributed by atoms with Crippen molar-refractivity contribution in [3.05, 3.63) is 32.7 Å². The summed E-state index contributed by atoms with van der Waals surface area (Å²) in [6.07, 6.45) is -3.16. The third-order valence-electron chi connectivity index (χ3n) is 1.61. The van der Waals surface area contributed by atoms with Gasteiger partial charge in [0, 0.05) is 0 Å².